The number of hydrogen-bond donors (Lipinski definition) is 2. The highest BCUT2D eigenvalue weighted by atomic mass is 16.3. The Balaban J connectivity index is 2.43. The lowest BCUT2D eigenvalue weighted by molar-refractivity contribution is -0.128. The van der Waals surface area contributed by atoms with Crippen LogP contribution in [-0.4, -0.2) is 30.1 Å². The Bertz CT molecular complexity index is 87.7. The average molecular weight is 101 g/mol. The summed E-state index contributed by atoms with van der Waals surface area (Å²) < 4.78 is 0. The number of aliphatic hydroxyl groups is 1. The molecule has 0 radical (unpaired) electrons. The van der Waals surface area contributed by atoms with E-state index >= 15 is 0 Å². The molecule has 1 heterocycles. The predicted octanol–water partition coefficient (Wildman–Crippen LogP) is -1.48. The van der Waals surface area contributed by atoms with Crippen LogP contribution in [0.15, 0.2) is 0 Å². The Labute approximate surface area is 41.3 Å². The van der Waals surface area contributed by atoms with Crippen molar-refractivity contribution in [2.75, 3.05) is 13.1 Å². The number of hydrogen-bond acceptors (Lipinski definition) is 3. The van der Waals surface area contributed by atoms with Crippen LogP contribution >= 0.6 is 0 Å². The van der Waals surface area contributed by atoms with E-state index in [4.69, 9.17) is 5.11 Å². The molecule has 0 saturated carbocycles. The van der Waals surface area contributed by atoms with Gasteiger partial charge in [0.1, 0.15) is 5.60 Å². The molecule has 1 rings (SSSR count). The maximum absolute atomic E-state index is 9.82. The van der Waals surface area contributed by atoms with E-state index in [9.17, 15) is 4.79 Å². The van der Waals surface area contributed by atoms with E-state index in [0.717, 1.165) is 0 Å². The molecule has 40 valence electrons. The molecule has 0 aromatic heterocycles. The topological polar surface area (TPSA) is 49.3 Å². The van der Waals surface area contributed by atoms with Crippen LogP contribution in [0.1, 0.15) is 0 Å². The molecular weight excluding hydrogens is 94.0 g/mol. The summed E-state index contributed by atoms with van der Waals surface area (Å²) in [4.78, 5) is 9.82. The Morgan fingerprint density at radius 2 is 2.29 bits per heavy atom. The summed E-state index contributed by atoms with van der Waals surface area (Å²) in [6.45, 7) is 0.826. The van der Waals surface area contributed by atoms with Crippen molar-refractivity contribution in [3.05, 3.63) is 0 Å². The van der Waals surface area contributed by atoms with Gasteiger partial charge in [0.2, 0.25) is 0 Å². The van der Waals surface area contributed by atoms with Crippen LogP contribution in [0.3, 0.4) is 0 Å². The summed E-state index contributed by atoms with van der Waals surface area (Å²) in [5.74, 6) is 0. The molecule has 0 unspecified atom stereocenters. The van der Waals surface area contributed by atoms with Crippen LogP contribution in [0.5, 0.6) is 0 Å². The highest BCUT2D eigenvalue weighted by Crippen LogP contribution is 2.04. The van der Waals surface area contributed by atoms with E-state index in [2.05, 4.69) is 5.32 Å². The molecule has 0 aliphatic carbocycles. The Hall–Kier alpha value is -0.410. The van der Waals surface area contributed by atoms with E-state index < -0.39 is 5.60 Å². The SMILES string of the molecule is O=CC1(O)CNC1. The molecule has 1 fully saturated rings. The molecule has 7 heavy (non-hydrogen) atoms. The minimum Gasteiger partial charge on any atom is -0.380 e. The number of β-amino-alcohol motifs (C(OH)–C–C–N with tert-alkyl or cyclic N) is 1. The van der Waals surface area contributed by atoms with Crippen molar-refractivity contribution in [1.82, 2.24) is 5.32 Å². The smallest absolute Gasteiger partial charge is 0.154 e. The molecule has 0 aromatic carbocycles. The molecule has 0 aromatic rings. The van der Waals surface area contributed by atoms with Crippen LogP contribution in [0.2, 0.25) is 0 Å². The fraction of sp³-hybridized carbons (Fsp3) is 0.750. The van der Waals surface area contributed by atoms with Crippen molar-refractivity contribution >= 4 is 6.29 Å². The zero-order valence-corrected chi connectivity index (χ0v) is 3.85. The van der Waals surface area contributed by atoms with Crippen molar-refractivity contribution in [3.63, 3.8) is 0 Å². The lowest BCUT2D eigenvalue weighted by Crippen LogP contribution is -2.60. The largest absolute Gasteiger partial charge is 0.380 e. The number of carbonyl (C=O) groups is 1. The third-order valence-electron chi connectivity index (χ3n) is 1.08. The van der Waals surface area contributed by atoms with Crippen LogP contribution < -0.4 is 5.32 Å². The summed E-state index contributed by atoms with van der Waals surface area (Å²) in [6, 6.07) is 0. The third kappa shape index (κ3) is 0.642. The van der Waals surface area contributed by atoms with Crippen molar-refractivity contribution in [2.24, 2.45) is 0 Å². The molecule has 0 amide bonds. The van der Waals surface area contributed by atoms with Gasteiger partial charge in [0.15, 0.2) is 6.29 Å². The van der Waals surface area contributed by atoms with E-state index in [1.165, 1.54) is 0 Å². The molecule has 3 nitrogen and oxygen atoms in total. The van der Waals surface area contributed by atoms with Gasteiger partial charge < -0.3 is 15.2 Å². The first kappa shape index (κ1) is 4.74. The Morgan fingerprint density at radius 3 is 2.29 bits per heavy atom. The van der Waals surface area contributed by atoms with Gasteiger partial charge in [-0.15, -0.1) is 0 Å². The molecule has 1 aliphatic heterocycles. The summed E-state index contributed by atoms with van der Waals surface area (Å²) in [5, 5.41) is 11.6. The third-order valence-corrected chi connectivity index (χ3v) is 1.08. The van der Waals surface area contributed by atoms with Gasteiger partial charge in [0, 0.05) is 13.1 Å². The van der Waals surface area contributed by atoms with Crippen molar-refractivity contribution in [2.45, 2.75) is 5.60 Å². The van der Waals surface area contributed by atoms with Crippen molar-refractivity contribution in [1.29, 1.82) is 0 Å². The van der Waals surface area contributed by atoms with Crippen LogP contribution in [-0.2, 0) is 4.79 Å². The summed E-state index contributed by atoms with van der Waals surface area (Å²) in [7, 11) is 0. The van der Waals surface area contributed by atoms with Gasteiger partial charge in [-0.2, -0.15) is 0 Å². The number of aldehydes is 1. The monoisotopic (exact) mass is 101 g/mol. The minimum atomic E-state index is -1.03. The molecule has 2 N–H and O–H groups in total. The summed E-state index contributed by atoms with van der Waals surface area (Å²) in [6.07, 6.45) is 0.573. The normalized spacial score (nSPS) is 25.9. The molecule has 0 spiro atoms. The van der Waals surface area contributed by atoms with Crippen LogP contribution in [0.25, 0.3) is 0 Å². The molecule has 0 atom stereocenters. The molecule has 3 heteroatoms. The maximum Gasteiger partial charge on any atom is 0.154 e. The van der Waals surface area contributed by atoms with Gasteiger partial charge in [-0.25, -0.2) is 0 Å². The Kier molecular flexibility index (Phi) is 0.867. The van der Waals surface area contributed by atoms with Gasteiger partial charge in [-0.05, 0) is 0 Å². The lowest BCUT2D eigenvalue weighted by atomic mass is 10.0. The summed E-state index contributed by atoms with van der Waals surface area (Å²) >= 11 is 0. The zero-order chi connectivity index (χ0) is 5.33. The predicted molar refractivity (Wildman–Crippen MR) is 23.9 cm³/mol. The number of carbonyl (C=O) groups excluding carboxylic acids is 1. The van der Waals surface area contributed by atoms with Gasteiger partial charge in [-0.3, -0.25) is 0 Å². The first-order valence-electron chi connectivity index (χ1n) is 2.16. The van der Waals surface area contributed by atoms with E-state index in [1.807, 2.05) is 0 Å². The van der Waals surface area contributed by atoms with E-state index in [1.54, 1.807) is 0 Å². The average Bonchev–Trinajstić information content (AvgIpc) is 1.61. The van der Waals surface area contributed by atoms with Gasteiger partial charge >= 0.3 is 0 Å². The Morgan fingerprint density at radius 1 is 1.71 bits per heavy atom. The quantitative estimate of drug-likeness (QED) is 0.396. The van der Waals surface area contributed by atoms with Gasteiger partial charge in [-0.1, -0.05) is 0 Å². The molecule has 1 saturated heterocycles. The zero-order valence-electron chi connectivity index (χ0n) is 3.85. The fourth-order valence-corrected chi connectivity index (χ4v) is 0.464. The maximum atomic E-state index is 9.82. The first-order valence-corrected chi connectivity index (χ1v) is 2.16. The second-order valence-electron chi connectivity index (χ2n) is 1.82. The van der Waals surface area contributed by atoms with E-state index in [-0.39, 0.29) is 0 Å². The first-order chi connectivity index (χ1) is 3.27. The highest BCUT2D eigenvalue weighted by Gasteiger charge is 2.33. The second kappa shape index (κ2) is 1.28. The fourth-order valence-electron chi connectivity index (χ4n) is 0.464. The van der Waals surface area contributed by atoms with Gasteiger partial charge in [0.25, 0.3) is 0 Å². The highest BCUT2D eigenvalue weighted by molar-refractivity contribution is 5.64. The van der Waals surface area contributed by atoms with Crippen LogP contribution in [0, 0.1) is 0 Å². The molecule has 0 bridgehead atoms. The van der Waals surface area contributed by atoms with Crippen LogP contribution in [0.4, 0.5) is 0 Å². The number of nitrogens with one attached hydrogen (secondary N) is 1. The number of rotatable bonds is 1. The standard InChI is InChI=1S/C4H7NO2/c6-3-4(7)1-5-2-4/h3,5,7H,1-2H2. The second-order valence-corrected chi connectivity index (χ2v) is 1.82. The van der Waals surface area contributed by atoms with Crippen molar-refractivity contribution < 1.29 is 9.90 Å². The minimum absolute atomic E-state index is 0.413. The van der Waals surface area contributed by atoms with Gasteiger partial charge in [0.05, 0.1) is 0 Å². The molecular formula is C4H7NO2. The van der Waals surface area contributed by atoms with Crippen molar-refractivity contribution in [3.8, 4) is 0 Å². The lowest BCUT2D eigenvalue weighted by Gasteiger charge is -2.31. The van der Waals surface area contributed by atoms with E-state index in [0.29, 0.717) is 19.4 Å². The summed E-state index contributed by atoms with van der Waals surface area (Å²) in [5.41, 5.74) is -1.03. The molecule has 1 aliphatic rings.